The molecule has 2 fully saturated rings. The quantitative estimate of drug-likeness (QED) is 0.750. The Morgan fingerprint density at radius 3 is 2.42 bits per heavy atom. The van der Waals surface area contributed by atoms with Crippen LogP contribution in [0.15, 0.2) is 25.3 Å². The number of hydrogen-bond donors (Lipinski definition) is 1. The van der Waals surface area contributed by atoms with Crippen LogP contribution in [0.4, 0.5) is 0 Å². The number of hydrogen-bond acceptors (Lipinski definition) is 3. The van der Waals surface area contributed by atoms with Crippen molar-refractivity contribution in [3.8, 4) is 0 Å². The second kappa shape index (κ2) is 6.21. The van der Waals surface area contributed by atoms with Gasteiger partial charge in [0.2, 0.25) is 0 Å². The van der Waals surface area contributed by atoms with Crippen LogP contribution in [0.25, 0.3) is 0 Å². The molecule has 0 aromatic rings. The van der Waals surface area contributed by atoms with Crippen molar-refractivity contribution in [2.75, 3.05) is 13.2 Å². The molecule has 0 radical (unpaired) electrons. The Hall–Kier alpha value is -0.640. The van der Waals surface area contributed by atoms with E-state index in [4.69, 9.17) is 9.47 Å². The van der Waals surface area contributed by atoms with Gasteiger partial charge in [-0.1, -0.05) is 18.6 Å². The van der Waals surface area contributed by atoms with Crippen molar-refractivity contribution < 1.29 is 14.6 Å². The minimum atomic E-state index is -0.597. The SMILES string of the molecule is C=CCC[C@@H](O)[C@@]1(CC=C)CCCCC12OCCO2. The van der Waals surface area contributed by atoms with E-state index in [1.165, 1.54) is 0 Å². The van der Waals surface area contributed by atoms with Crippen LogP contribution in [0, 0.1) is 5.41 Å². The highest BCUT2D eigenvalue weighted by Gasteiger charge is 2.59. The van der Waals surface area contributed by atoms with Gasteiger partial charge in [-0.15, -0.1) is 13.2 Å². The van der Waals surface area contributed by atoms with E-state index in [1.54, 1.807) is 0 Å². The van der Waals surface area contributed by atoms with E-state index >= 15 is 0 Å². The first-order valence-corrected chi connectivity index (χ1v) is 7.38. The summed E-state index contributed by atoms with van der Waals surface area (Å²) in [5.41, 5.74) is -0.341. The van der Waals surface area contributed by atoms with E-state index in [0.29, 0.717) is 19.6 Å². The maximum Gasteiger partial charge on any atom is 0.176 e. The summed E-state index contributed by atoms with van der Waals surface area (Å²) in [4.78, 5) is 0. The van der Waals surface area contributed by atoms with Crippen LogP contribution in [-0.4, -0.2) is 30.2 Å². The molecule has 0 aromatic heterocycles. The van der Waals surface area contributed by atoms with Crippen molar-refractivity contribution in [2.45, 2.75) is 56.8 Å². The minimum absolute atomic E-state index is 0.341. The molecule has 1 aliphatic carbocycles. The molecule has 0 bridgehead atoms. The predicted molar refractivity (Wildman–Crippen MR) is 75.8 cm³/mol. The third-order valence-corrected chi connectivity index (χ3v) is 4.68. The molecule has 2 atom stereocenters. The Balaban J connectivity index is 2.27. The minimum Gasteiger partial charge on any atom is -0.392 e. The number of allylic oxidation sites excluding steroid dienone is 2. The maximum atomic E-state index is 10.8. The second-order valence-electron chi connectivity index (χ2n) is 5.69. The molecule has 0 unspecified atom stereocenters. The summed E-state index contributed by atoms with van der Waals surface area (Å²) in [6.07, 6.45) is 9.64. The molecular formula is C16H26O3. The van der Waals surface area contributed by atoms with Crippen molar-refractivity contribution in [1.82, 2.24) is 0 Å². The molecular weight excluding hydrogens is 240 g/mol. The number of aliphatic hydroxyl groups excluding tert-OH is 1. The molecule has 3 heteroatoms. The van der Waals surface area contributed by atoms with Crippen LogP contribution in [0.3, 0.4) is 0 Å². The lowest BCUT2D eigenvalue weighted by molar-refractivity contribution is -0.282. The highest BCUT2D eigenvalue weighted by molar-refractivity contribution is 5.06. The normalized spacial score (nSPS) is 31.2. The van der Waals surface area contributed by atoms with Gasteiger partial charge in [0.1, 0.15) is 0 Å². The number of aliphatic hydroxyl groups is 1. The molecule has 1 spiro atoms. The zero-order valence-corrected chi connectivity index (χ0v) is 11.8. The fourth-order valence-corrected chi connectivity index (χ4v) is 3.75. The van der Waals surface area contributed by atoms with Crippen molar-refractivity contribution in [1.29, 1.82) is 0 Å². The molecule has 2 rings (SSSR count). The van der Waals surface area contributed by atoms with Crippen LogP contribution in [0.2, 0.25) is 0 Å². The number of rotatable bonds is 6. The zero-order chi connectivity index (χ0) is 13.8. The third kappa shape index (κ3) is 2.51. The van der Waals surface area contributed by atoms with E-state index in [-0.39, 0.29) is 5.41 Å². The average molecular weight is 266 g/mol. The summed E-state index contributed by atoms with van der Waals surface area (Å²) in [6.45, 7) is 8.88. The van der Waals surface area contributed by atoms with Gasteiger partial charge in [-0.3, -0.25) is 0 Å². The molecule has 1 aliphatic heterocycles. The maximum absolute atomic E-state index is 10.8. The first kappa shape index (κ1) is 14.8. The third-order valence-electron chi connectivity index (χ3n) is 4.68. The fourth-order valence-electron chi connectivity index (χ4n) is 3.75. The highest BCUT2D eigenvalue weighted by Crippen LogP contribution is 2.54. The Morgan fingerprint density at radius 1 is 1.11 bits per heavy atom. The molecule has 1 saturated carbocycles. The molecule has 3 nitrogen and oxygen atoms in total. The second-order valence-corrected chi connectivity index (χ2v) is 5.69. The standard InChI is InChI=1S/C16H26O3/c1-3-5-8-14(17)15(9-4-2)10-6-7-11-16(15)18-12-13-19-16/h3-4,14,17H,1-2,5-13H2/t14-,15-/m1/s1. The number of ether oxygens (including phenoxy) is 2. The summed E-state index contributed by atoms with van der Waals surface area (Å²) in [6, 6.07) is 0. The van der Waals surface area contributed by atoms with Crippen LogP contribution < -0.4 is 0 Å². The van der Waals surface area contributed by atoms with Crippen molar-refractivity contribution in [3.63, 3.8) is 0 Å². The van der Waals surface area contributed by atoms with Crippen molar-refractivity contribution in [2.24, 2.45) is 5.41 Å². The van der Waals surface area contributed by atoms with E-state index in [9.17, 15) is 5.11 Å². The molecule has 1 N–H and O–H groups in total. The Labute approximate surface area is 116 Å². The van der Waals surface area contributed by atoms with Gasteiger partial charge in [0.05, 0.1) is 24.7 Å². The van der Waals surface area contributed by atoms with Gasteiger partial charge in [0, 0.05) is 6.42 Å². The van der Waals surface area contributed by atoms with Gasteiger partial charge in [0.15, 0.2) is 5.79 Å². The van der Waals surface area contributed by atoms with Crippen LogP contribution in [-0.2, 0) is 9.47 Å². The lowest BCUT2D eigenvalue weighted by Crippen LogP contribution is -2.57. The van der Waals surface area contributed by atoms with Gasteiger partial charge < -0.3 is 14.6 Å². The Morgan fingerprint density at radius 2 is 1.79 bits per heavy atom. The summed E-state index contributed by atoms with van der Waals surface area (Å²) in [7, 11) is 0. The monoisotopic (exact) mass is 266 g/mol. The topological polar surface area (TPSA) is 38.7 Å². The molecule has 1 heterocycles. The first-order chi connectivity index (χ1) is 9.21. The largest absolute Gasteiger partial charge is 0.392 e. The average Bonchev–Trinajstić information content (AvgIpc) is 2.89. The molecule has 0 aromatic carbocycles. The zero-order valence-electron chi connectivity index (χ0n) is 11.8. The van der Waals surface area contributed by atoms with Gasteiger partial charge in [0.25, 0.3) is 0 Å². The predicted octanol–water partition coefficient (Wildman–Crippen LogP) is 3.19. The van der Waals surface area contributed by atoms with E-state index in [0.717, 1.165) is 38.5 Å². The molecule has 0 amide bonds. The van der Waals surface area contributed by atoms with Gasteiger partial charge >= 0.3 is 0 Å². The summed E-state index contributed by atoms with van der Waals surface area (Å²) < 4.78 is 12.0. The van der Waals surface area contributed by atoms with Crippen LogP contribution in [0.5, 0.6) is 0 Å². The fraction of sp³-hybridized carbons (Fsp3) is 0.750. The van der Waals surface area contributed by atoms with E-state index in [2.05, 4.69) is 13.2 Å². The van der Waals surface area contributed by atoms with Gasteiger partial charge in [-0.25, -0.2) is 0 Å². The highest BCUT2D eigenvalue weighted by atomic mass is 16.7. The summed E-state index contributed by atoms with van der Waals surface area (Å²) in [5.74, 6) is -0.597. The molecule has 19 heavy (non-hydrogen) atoms. The van der Waals surface area contributed by atoms with Gasteiger partial charge in [-0.05, 0) is 32.1 Å². The lowest BCUT2D eigenvalue weighted by atomic mass is 9.62. The first-order valence-electron chi connectivity index (χ1n) is 7.38. The summed E-state index contributed by atoms with van der Waals surface area (Å²) >= 11 is 0. The summed E-state index contributed by atoms with van der Waals surface area (Å²) in [5, 5.41) is 10.8. The smallest absolute Gasteiger partial charge is 0.176 e. The lowest BCUT2D eigenvalue weighted by Gasteiger charge is -2.52. The Bertz CT molecular complexity index is 320. The van der Waals surface area contributed by atoms with Gasteiger partial charge in [-0.2, -0.15) is 0 Å². The van der Waals surface area contributed by atoms with Crippen molar-refractivity contribution in [3.05, 3.63) is 25.3 Å². The molecule has 108 valence electrons. The van der Waals surface area contributed by atoms with Crippen molar-refractivity contribution >= 4 is 0 Å². The van der Waals surface area contributed by atoms with Crippen LogP contribution in [0.1, 0.15) is 44.9 Å². The molecule has 1 saturated heterocycles. The Kier molecular flexibility index (Phi) is 4.82. The van der Waals surface area contributed by atoms with E-state index < -0.39 is 11.9 Å². The van der Waals surface area contributed by atoms with Crippen LogP contribution >= 0.6 is 0 Å². The molecule has 2 aliphatic rings. The van der Waals surface area contributed by atoms with E-state index in [1.807, 2.05) is 12.2 Å².